The molecule has 3 aromatic rings. The van der Waals surface area contributed by atoms with Gasteiger partial charge in [0.05, 0.1) is 5.39 Å². The number of carbonyl (C=O) groups is 1. The number of H-pyrrole nitrogens is 1. The molecule has 0 atom stereocenters. The number of nitrogens with zero attached hydrogens (tertiary/aromatic N) is 3. The number of aromatic nitrogens is 2. The lowest BCUT2D eigenvalue weighted by Crippen LogP contribution is -2.43. The number of piperazine rings is 1. The highest BCUT2D eigenvalue weighted by Gasteiger charge is 2.14. The minimum absolute atomic E-state index is 0.0493. The maximum absolute atomic E-state index is 12.2. The van der Waals surface area contributed by atoms with Gasteiger partial charge >= 0.3 is 0 Å². The number of carbonyl (C=O) groups excluding carboxylic acids is 1. The molecule has 1 saturated heterocycles. The predicted octanol–water partition coefficient (Wildman–Crippen LogP) is 1.59. The van der Waals surface area contributed by atoms with Crippen LogP contribution in [0.15, 0.2) is 53.3 Å². The summed E-state index contributed by atoms with van der Waals surface area (Å²) < 4.78 is 0. The highest BCUT2D eigenvalue weighted by molar-refractivity contribution is 5.93. The number of phenols is 1. The van der Waals surface area contributed by atoms with Gasteiger partial charge < -0.3 is 25.4 Å². The number of aromatic hydroxyl groups is 1. The van der Waals surface area contributed by atoms with Gasteiger partial charge in [-0.2, -0.15) is 0 Å². The largest absolute Gasteiger partial charge is 0.506 e. The summed E-state index contributed by atoms with van der Waals surface area (Å²) in [6.07, 6.45) is 0.950. The van der Waals surface area contributed by atoms with Crippen molar-refractivity contribution < 1.29 is 15.0 Å². The molecular formula is C24H27N5O4. The quantitative estimate of drug-likeness (QED) is 0.333. The Labute approximate surface area is 191 Å². The van der Waals surface area contributed by atoms with E-state index in [1.807, 2.05) is 12.1 Å². The zero-order valence-electron chi connectivity index (χ0n) is 18.4. The standard InChI is InChI=1S/C24H27N5O4/c1-28-9-11-29(12-10-28)15-17-7-5-16(6-8-17)14-25-21(32)13-20(31)23-26-22-18(24(33)27-23)3-2-4-19(22)30/h2-8,13,30-31H,9-12,14-15H2,1H3,(H,25,32)(H,26,27,33). The molecule has 4 N–H and O–H groups in total. The second-order valence-electron chi connectivity index (χ2n) is 8.23. The van der Waals surface area contributed by atoms with E-state index in [9.17, 15) is 19.8 Å². The van der Waals surface area contributed by atoms with Gasteiger partial charge in [0.15, 0.2) is 11.6 Å². The number of amides is 1. The van der Waals surface area contributed by atoms with Crippen LogP contribution in [0.4, 0.5) is 0 Å². The van der Waals surface area contributed by atoms with E-state index in [1.54, 1.807) is 0 Å². The number of likely N-dealkylation sites (N-methyl/N-ethyl adjacent to an activating group) is 1. The van der Waals surface area contributed by atoms with Crippen molar-refractivity contribution in [1.82, 2.24) is 25.1 Å². The van der Waals surface area contributed by atoms with E-state index in [4.69, 9.17) is 0 Å². The lowest BCUT2D eigenvalue weighted by Gasteiger charge is -2.32. The summed E-state index contributed by atoms with van der Waals surface area (Å²) in [4.78, 5) is 35.6. The Morgan fingerprint density at radius 1 is 1.12 bits per heavy atom. The molecule has 0 aliphatic carbocycles. The minimum atomic E-state index is -0.533. The van der Waals surface area contributed by atoms with Crippen LogP contribution in [0, 0.1) is 0 Å². The Morgan fingerprint density at radius 3 is 2.55 bits per heavy atom. The van der Waals surface area contributed by atoms with Gasteiger partial charge in [-0.15, -0.1) is 0 Å². The number of benzene rings is 2. The molecule has 172 valence electrons. The molecule has 2 aromatic carbocycles. The number of fused-ring (bicyclic) bond motifs is 1. The Balaban J connectivity index is 1.35. The summed E-state index contributed by atoms with van der Waals surface area (Å²) in [5, 5.41) is 23.1. The fraction of sp³-hybridized carbons (Fsp3) is 0.292. The van der Waals surface area contributed by atoms with Crippen LogP contribution in [0.5, 0.6) is 5.75 Å². The fourth-order valence-electron chi connectivity index (χ4n) is 3.73. The van der Waals surface area contributed by atoms with Crippen molar-refractivity contribution in [2.45, 2.75) is 13.1 Å². The lowest BCUT2D eigenvalue weighted by atomic mass is 10.1. The summed E-state index contributed by atoms with van der Waals surface area (Å²) >= 11 is 0. The SMILES string of the molecule is CN1CCN(Cc2ccc(CNC(=O)C=C(O)c3nc4c(O)cccc4c(=O)[nH]3)cc2)CC1. The summed E-state index contributed by atoms with van der Waals surface area (Å²) in [7, 11) is 2.14. The summed E-state index contributed by atoms with van der Waals surface area (Å²) in [6, 6.07) is 12.5. The van der Waals surface area contributed by atoms with Crippen molar-refractivity contribution in [3.63, 3.8) is 0 Å². The monoisotopic (exact) mass is 449 g/mol. The predicted molar refractivity (Wildman–Crippen MR) is 126 cm³/mol. The number of para-hydroxylation sites is 1. The molecule has 0 saturated carbocycles. The van der Waals surface area contributed by atoms with Gasteiger partial charge in [-0.1, -0.05) is 30.3 Å². The van der Waals surface area contributed by atoms with Gasteiger partial charge in [0, 0.05) is 45.3 Å². The molecule has 0 radical (unpaired) electrons. The molecular weight excluding hydrogens is 422 g/mol. The molecule has 2 heterocycles. The van der Waals surface area contributed by atoms with E-state index in [0.717, 1.165) is 44.4 Å². The number of phenolic OH excluding ortho intramolecular Hbond substituents is 1. The number of aliphatic hydroxyl groups excluding tert-OH is 1. The van der Waals surface area contributed by atoms with Crippen LogP contribution in [0.25, 0.3) is 16.7 Å². The third-order valence-corrected chi connectivity index (χ3v) is 5.72. The van der Waals surface area contributed by atoms with Crippen LogP contribution in [0.1, 0.15) is 17.0 Å². The van der Waals surface area contributed by atoms with E-state index in [-0.39, 0.29) is 22.5 Å². The number of nitrogens with one attached hydrogen (secondary N) is 2. The maximum atomic E-state index is 12.2. The molecule has 0 spiro atoms. The van der Waals surface area contributed by atoms with E-state index >= 15 is 0 Å². The number of aliphatic hydroxyl groups is 1. The van der Waals surface area contributed by atoms with Gasteiger partial charge in [-0.3, -0.25) is 14.5 Å². The zero-order valence-corrected chi connectivity index (χ0v) is 18.4. The van der Waals surface area contributed by atoms with Crippen LogP contribution >= 0.6 is 0 Å². The minimum Gasteiger partial charge on any atom is -0.506 e. The first-order valence-electron chi connectivity index (χ1n) is 10.8. The maximum Gasteiger partial charge on any atom is 0.259 e. The Bertz CT molecular complexity index is 1230. The molecule has 1 aliphatic rings. The average Bonchev–Trinajstić information content (AvgIpc) is 2.80. The van der Waals surface area contributed by atoms with E-state index < -0.39 is 17.2 Å². The molecule has 33 heavy (non-hydrogen) atoms. The lowest BCUT2D eigenvalue weighted by molar-refractivity contribution is -0.116. The first-order valence-corrected chi connectivity index (χ1v) is 10.8. The molecule has 1 fully saturated rings. The number of hydrogen-bond acceptors (Lipinski definition) is 7. The van der Waals surface area contributed by atoms with Crippen molar-refractivity contribution >= 4 is 22.6 Å². The Kier molecular flexibility index (Phi) is 6.71. The molecule has 9 heteroatoms. The molecule has 0 unspecified atom stereocenters. The van der Waals surface area contributed by atoms with Crippen LogP contribution in [0.2, 0.25) is 0 Å². The smallest absolute Gasteiger partial charge is 0.259 e. The number of rotatable bonds is 6. The van der Waals surface area contributed by atoms with Gasteiger partial charge in [0.2, 0.25) is 5.91 Å². The fourth-order valence-corrected chi connectivity index (χ4v) is 3.73. The highest BCUT2D eigenvalue weighted by Crippen LogP contribution is 2.20. The van der Waals surface area contributed by atoms with Crippen molar-refractivity contribution in [2.75, 3.05) is 33.2 Å². The summed E-state index contributed by atoms with van der Waals surface area (Å²) in [5.41, 5.74) is 1.68. The van der Waals surface area contributed by atoms with E-state index in [1.165, 1.54) is 23.8 Å². The molecule has 1 aromatic heterocycles. The third kappa shape index (κ3) is 5.57. The van der Waals surface area contributed by atoms with Gasteiger partial charge in [0.1, 0.15) is 11.3 Å². The van der Waals surface area contributed by atoms with Crippen LogP contribution in [0.3, 0.4) is 0 Å². The topological polar surface area (TPSA) is 122 Å². The summed E-state index contributed by atoms with van der Waals surface area (Å²) in [6.45, 7) is 5.47. The molecule has 9 nitrogen and oxygen atoms in total. The van der Waals surface area contributed by atoms with Crippen molar-refractivity contribution in [2.24, 2.45) is 0 Å². The van der Waals surface area contributed by atoms with E-state index in [2.05, 4.69) is 44.3 Å². The number of hydrogen-bond donors (Lipinski definition) is 4. The second kappa shape index (κ2) is 9.85. The third-order valence-electron chi connectivity index (χ3n) is 5.72. The zero-order chi connectivity index (χ0) is 23.4. The first kappa shape index (κ1) is 22.5. The highest BCUT2D eigenvalue weighted by atomic mass is 16.3. The molecule has 0 bridgehead atoms. The molecule has 1 aliphatic heterocycles. The van der Waals surface area contributed by atoms with Crippen molar-refractivity contribution in [3.05, 3.63) is 75.8 Å². The average molecular weight is 450 g/mol. The van der Waals surface area contributed by atoms with Gasteiger partial charge in [-0.25, -0.2) is 4.98 Å². The Morgan fingerprint density at radius 2 is 1.82 bits per heavy atom. The normalized spacial score (nSPS) is 15.6. The molecule has 1 amide bonds. The van der Waals surface area contributed by atoms with Crippen LogP contribution in [-0.2, 0) is 17.9 Å². The Hall–Kier alpha value is -3.69. The van der Waals surface area contributed by atoms with Crippen LogP contribution in [-0.4, -0.2) is 69.1 Å². The van der Waals surface area contributed by atoms with Gasteiger partial charge in [0.25, 0.3) is 5.56 Å². The first-order chi connectivity index (χ1) is 15.9. The van der Waals surface area contributed by atoms with Gasteiger partial charge in [-0.05, 0) is 30.3 Å². The summed E-state index contributed by atoms with van der Waals surface area (Å²) in [5.74, 6) is -1.42. The van der Waals surface area contributed by atoms with Crippen LogP contribution < -0.4 is 10.9 Å². The van der Waals surface area contributed by atoms with Crippen molar-refractivity contribution in [1.29, 1.82) is 0 Å². The molecule has 4 rings (SSSR count). The van der Waals surface area contributed by atoms with Crippen molar-refractivity contribution in [3.8, 4) is 5.75 Å². The number of aromatic amines is 1. The second-order valence-corrected chi connectivity index (χ2v) is 8.23. The van der Waals surface area contributed by atoms with E-state index in [0.29, 0.717) is 6.54 Å².